The SMILES string of the molecule is CCCNc1ncc(F)cc1C(=O)NCc1cn[nH]c1. The van der Waals surface area contributed by atoms with Crippen molar-refractivity contribution in [3.63, 3.8) is 0 Å². The van der Waals surface area contributed by atoms with Crippen LogP contribution in [-0.2, 0) is 6.54 Å². The molecule has 0 aliphatic heterocycles. The lowest BCUT2D eigenvalue weighted by Crippen LogP contribution is -2.24. The van der Waals surface area contributed by atoms with Gasteiger partial charge in [-0.25, -0.2) is 9.37 Å². The van der Waals surface area contributed by atoms with Crippen molar-refractivity contribution in [1.82, 2.24) is 20.5 Å². The molecule has 0 saturated heterocycles. The highest BCUT2D eigenvalue weighted by Crippen LogP contribution is 2.13. The fraction of sp³-hybridized carbons (Fsp3) is 0.308. The number of amides is 1. The summed E-state index contributed by atoms with van der Waals surface area (Å²) in [4.78, 5) is 16.0. The van der Waals surface area contributed by atoms with E-state index < -0.39 is 5.82 Å². The lowest BCUT2D eigenvalue weighted by molar-refractivity contribution is 0.0951. The molecular formula is C13H16FN5O. The molecule has 0 saturated carbocycles. The van der Waals surface area contributed by atoms with E-state index in [0.29, 0.717) is 18.9 Å². The molecule has 0 radical (unpaired) electrons. The maximum atomic E-state index is 13.3. The zero-order chi connectivity index (χ0) is 14.4. The number of pyridine rings is 1. The van der Waals surface area contributed by atoms with Crippen LogP contribution < -0.4 is 10.6 Å². The van der Waals surface area contributed by atoms with E-state index in [1.807, 2.05) is 6.92 Å². The number of hydrogen-bond donors (Lipinski definition) is 3. The molecule has 2 rings (SSSR count). The van der Waals surface area contributed by atoms with Crippen LogP contribution in [0.1, 0.15) is 29.3 Å². The first-order valence-corrected chi connectivity index (χ1v) is 6.36. The summed E-state index contributed by atoms with van der Waals surface area (Å²) in [6.45, 7) is 2.98. The van der Waals surface area contributed by atoms with Crippen LogP contribution in [0.4, 0.5) is 10.2 Å². The number of carbonyl (C=O) groups excluding carboxylic acids is 1. The Morgan fingerprint density at radius 1 is 1.45 bits per heavy atom. The van der Waals surface area contributed by atoms with Gasteiger partial charge in [-0.1, -0.05) is 6.92 Å². The van der Waals surface area contributed by atoms with Gasteiger partial charge in [-0.05, 0) is 12.5 Å². The Bertz CT molecular complexity index is 570. The van der Waals surface area contributed by atoms with Gasteiger partial charge in [0.25, 0.3) is 5.91 Å². The van der Waals surface area contributed by atoms with Crippen molar-refractivity contribution >= 4 is 11.7 Å². The summed E-state index contributed by atoms with van der Waals surface area (Å²) in [6, 6.07) is 1.18. The molecule has 6 nitrogen and oxygen atoms in total. The van der Waals surface area contributed by atoms with Crippen LogP contribution in [0.15, 0.2) is 24.7 Å². The molecule has 0 bridgehead atoms. The van der Waals surface area contributed by atoms with Gasteiger partial charge in [0.1, 0.15) is 11.6 Å². The lowest BCUT2D eigenvalue weighted by atomic mass is 10.2. The third kappa shape index (κ3) is 3.53. The Balaban J connectivity index is 2.08. The summed E-state index contributed by atoms with van der Waals surface area (Å²) in [5.41, 5.74) is 1.03. The van der Waals surface area contributed by atoms with Crippen molar-refractivity contribution in [1.29, 1.82) is 0 Å². The smallest absolute Gasteiger partial charge is 0.255 e. The standard InChI is InChI=1S/C13H16FN5O/c1-2-3-15-12-11(4-10(14)8-16-12)13(20)17-5-9-6-18-19-7-9/h4,6-8H,2-3,5H2,1H3,(H,15,16)(H,17,20)(H,18,19). The molecule has 0 fully saturated rings. The van der Waals surface area contributed by atoms with Gasteiger partial charge in [0.05, 0.1) is 18.0 Å². The molecule has 7 heteroatoms. The number of nitrogens with one attached hydrogen (secondary N) is 3. The van der Waals surface area contributed by atoms with Gasteiger partial charge in [0.2, 0.25) is 0 Å². The summed E-state index contributed by atoms with van der Waals surface area (Å²) >= 11 is 0. The predicted molar refractivity (Wildman–Crippen MR) is 72.7 cm³/mol. The maximum absolute atomic E-state index is 13.3. The molecule has 0 atom stereocenters. The normalized spacial score (nSPS) is 10.3. The second kappa shape index (κ2) is 6.65. The van der Waals surface area contributed by atoms with Crippen LogP contribution in [0.2, 0.25) is 0 Å². The summed E-state index contributed by atoms with van der Waals surface area (Å²) in [5, 5.41) is 12.1. The Labute approximate surface area is 115 Å². The summed E-state index contributed by atoms with van der Waals surface area (Å²) < 4.78 is 13.3. The van der Waals surface area contributed by atoms with Crippen molar-refractivity contribution in [2.24, 2.45) is 0 Å². The van der Waals surface area contributed by atoms with Crippen molar-refractivity contribution in [2.75, 3.05) is 11.9 Å². The number of rotatable bonds is 6. The van der Waals surface area contributed by atoms with Crippen molar-refractivity contribution in [3.8, 4) is 0 Å². The number of hydrogen-bond acceptors (Lipinski definition) is 4. The van der Waals surface area contributed by atoms with Crippen LogP contribution >= 0.6 is 0 Å². The first kappa shape index (κ1) is 14.0. The van der Waals surface area contributed by atoms with Gasteiger partial charge in [-0.2, -0.15) is 5.10 Å². The topological polar surface area (TPSA) is 82.7 Å². The number of H-pyrrole nitrogens is 1. The number of anilines is 1. The molecule has 0 unspecified atom stereocenters. The Kier molecular flexibility index (Phi) is 4.65. The average Bonchev–Trinajstić information content (AvgIpc) is 2.96. The average molecular weight is 277 g/mol. The van der Waals surface area contributed by atoms with Crippen LogP contribution in [0.3, 0.4) is 0 Å². The third-order valence-electron chi connectivity index (χ3n) is 2.65. The van der Waals surface area contributed by atoms with E-state index in [1.54, 1.807) is 12.4 Å². The van der Waals surface area contributed by atoms with E-state index in [2.05, 4.69) is 25.8 Å². The minimum Gasteiger partial charge on any atom is -0.369 e. The monoisotopic (exact) mass is 277 g/mol. The zero-order valence-corrected chi connectivity index (χ0v) is 11.1. The number of nitrogens with zero attached hydrogens (tertiary/aromatic N) is 2. The third-order valence-corrected chi connectivity index (χ3v) is 2.65. The van der Waals surface area contributed by atoms with Crippen molar-refractivity contribution < 1.29 is 9.18 Å². The molecule has 1 amide bonds. The largest absolute Gasteiger partial charge is 0.369 e. The highest BCUT2D eigenvalue weighted by Gasteiger charge is 2.13. The molecule has 0 spiro atoms. The van der Waals surface area contributed by atoms with E-state index in [0.717, 1.165) is 18.2 Å². The molecular weight excluding hydrogens is 261 g/mol. The second-order valence-corrected chi connectivity index (χ2v) is 4.27. The number of aromatic amines is 1. The first-order valence-electron chi connectivity index (χ1n) is 6.36. The van der Waals surface area contributed by atoms with Gasteiger partial charge in [-0.3, -0.25) is 9.89 Å². The van der Waals surface area contributed by atoms with E-state index in [1.165, 1.54) is 6.07 Å². The predicted octanol–water partition coefficient (Wildman–Crippen LogP) is 1.70. The fourth-order valence-electron chi connectivity index (χ4n) is 1.65. The Morgan fingerprint density at radius 2 is 2.30 bits per heavy atom. The molecule has 2 aromatic heterocycles. The van der Waals surface area contributed by atoms with Crippen molar-refractivity contribution in [3.05, 3.63) is 41.6 Å². The highest BCUT2D eigenvalue weighted by molar-refractivity contribution is 5.98. The van der Waals surface area contributed by atoms with E-state index >= 15 is 0 Å². The molecule has 0 aliphatic rings. The lowest BCUT2D eigenvalue weighted by Gasteiger charge is -2.10. The van der Waals surface area contributed by atoms with E-state index in [9.17, 15) is 9.18 Å². The van der Waals surface area contributed by atoms with Crippen LogP contribution in [0.25, 0.3) is 0 Å². The first-order chi connectivity index (χ1) is 9.70. The van der Waals surface area contributed by atoms with Gasteiger partial charge in [-0.15, -0.1) is 0 Å². The Morgan fingerprint density at radius 3 is 3.00 bits per heavy atom. The second-order valence-electron chi connectivity index (χ2n) is 4.27. The molecule has 0 aliphatic carbocycles. The number of carbonyl (C=O) groups is 1. The van der Waals surface area contributed by atoms with Gasteiger partial charge >= 0.3 is 0 Å². The molecule has 20 heavy (non-hydrogen) atoms. The number of aromatic nitrogens is 3. The van der Waals surface area contributed by atoms with Crippen LogP contribution in [0.5, 0.6) is 0 Å². The fourth-order valence-corrected chi connectivity index (χ4v) is 1.65. The molecule has 0 aromatic carbocycles. The molecule has 106 valence electrons. The van der Waals surface area contributed by atoms with Gasteiger partial charge in [0.15, 0.2) is 0 Å². The van der Waals surface area contributed by atoms with Crippen LogP contribution in [-0.4, -0.2) is 27.6 Å². The van der Waals surface area contributed by atoms with Crippen molar-refractivity contribution in [2.45, 2.75) is 19.9 Å². The van der Waals surface area contributed by atoms with E-state index in [4.69, 9.17) is 0 Å². The zero-order valence-electron chi connectivity index (χ0n) is 11.1. The quantitative estimate of drug-likeness (QED) is 0.750. The van der Waals surface area contributed by atoms with Crippen LogP contribution in [0, 0.1) is 5.82 Å². The Hall–Kier alpha value is -2.44. The van der Waals surface area contributed by atoms with Gasteiger partial charge in [0, 0.05) is 24.8 Å². The number of halogens is 1. The maximum Gasteiger partial charge on any atom is 0.255 e. The van der Waals surface area contributed by atoms with E-state index in [-0.39, 0.29) is 11.5 Å². The molecule has 2 heterocycles. The van der Waals surface area contributed by atoms with Gasteiger partial charge < -0.3 is 10.6 Å². The minimum atomic E-state index is -0.541. The minimum absolute atomic E-state index is 0.196. The molecule has 2 aromatic rings. The summed E-state index contributed by atoms with van der Waals surface area (Å²) in [6.07, 6.45) is 5.26. The summed E-state index contributed by atoms with van der Waals surface area (Å²) in [5.74, 6) is -0.532. The summed E-state index contributed by atoms with van der Waals surface area (Å²) in [7, 11) is 0. The highest BCUT2D eigenvalue weighted by atomic mass is 19.1. The molecule has 3 N–H and O–H groups in total.